The number of amides is 1. The first-order valence-electron chi connectivity index (χ1n) is 10.7. The van der Waals surface area contributed by atoms with Gasteiger partial charge in [0.05, 0.1) is 7.11 Å². The van der Waals surface area contributed by atoms with Crippen LogP contribution in [0, 0.1) is 0 Å². The number of nitrogens with one attached hydrogen (secondary N) is 1. The predicted octanol–water partition coefficient (Wildman–Crippen LogP) is 3.06. The molecule has 0 spiro atoms. The topological polar surface area (TPSA) is 60.4 Å². The van der Waals surface area contributed by atoms with Gasteiger partial charge in [0.25, 0.3) is 0 Å². The Morgan fingerprint density at radius 2 is 1.72 bits per heavy atom. The summed E-state index contributed by atoms with van der Waals surface area (Å²) in [6.45, 7) is 4.56. The molecule has 2 aromatic carbocycles. The van der Waals surface area contributed by atoms with Crippen LogP contribution in [0.5, 0.6) is 5.75 Å². The molecule has 8 heteroatoms. The summed E-state index contributed by atoms with van der Waals surface area (Å²) in [6, 6.07) is 18.4. The summed E-state index contributed by atoms with van der Waals surface area (Å²) < 4.78 is 5.21. The maximum absolute atomic E-state index is 12.6. The molecule has 0 atom stereocenters. The van der Waals surface area contributed by atoms with Crippen molar-refractivity contribution >= 4 is 41.5 Å². The van der Waals surface area contributed by atoms with Gasteiger partial charge in [-0.05, 0) is 29.8 Å². The van der Waals surface area contributed by atoms with E-state index in [2.05, 4.69) is 39.5 Å². The van der Waals surface area contributed by atoms with Gasteiger partial charge in [0.1, 0.15) is 5.75 Å². The monoisotopic (exact) mass is 551 g/mol. The third kappa shape index (κ3) is 7.29. The third-order valence-corrected chi connectivity index (χ3v) is 5.53. The van der Waals surface area contributed by atoms with Crippen LogP contribution in [0.4, 0.5) is 5.69 Å². The van der Waals surface area contributed by atoms with Crippen molar-refractivity contribution < 1.29 is 9.53 Å². The average molecular weight is 551 g/mol. The smallest absolute Gasteiger partial charge is 0.224 e. The highest BCUT2D eigenvalue weighted by Gasteiger charge is 2.21. The number of piperazine rings is 1. The summed E-state index contributed by atoms with van der Waals surface area (Å²) in [5.41, 5.74) is 2.39. The minimum atomic E-state index is 0. The molecule has 3 rings (SSSR count). The first-order chi connectivity index (χ1) is 15.1. The Morgan fingerprint density at radius 1 is 1.06 bits per heavy atom. The Kier molecular flexibility index (Phi) is 10.6. The largest absolute Gasteiger partial charge is 0.497 e. The van der Waals surface area contributed by atoms with Gasteiger partial charge in [-0.3, -0.25) is 9.79 Å². The number of para-hydroxylation sites is 1. The fourth-order valence-electron chi connectivity index (χ4n) is 3.76. The predicted molar refractivity (Wildman–Crippen MR) is 141 cm³/mol. The number of benzene rings is 2. The van der Waals surface area contributed by atoms with Crippen LogP contribution in [0.25, 0.3) is 0 Å². The van der Waals surface area contributed by atoms with Crippen LogP contribution in [0.3, 0.4) is 0 Å². The van der Waals surface area contributed by atoms with Gasteiger partial charge in [0.2, 0.25) is 5.91 Å². The number of ether oxygens (including phenoxy) is 1. The molecule has 1 heterocycles. The summed E-state index contributed by atoms with van der Waals surface area (Å²) in [6.07, 6.45) is 0.459. The first-order valence-corrected chi connectivity index (χ1v) is 10.7. The molecule has 174 valence electrons. The molecular formula is C24H34IN5O2. The van der Waals surface area contributed by atoms with Gasteiger partial charge in [-0.2, -0.15) is 0 Å². The third-order valence-electron chi connectivity index (χ3n) is 5.53. The number of hydrogen-bond donors (Lipinski definition) is 1. The van der Waals surface area contributed by atoms with Gasteiger partial charge < -0.3 is 24.8 Å². The van der Waals surface area contributed by atoms with Crippen molar-refractivity contribution in [2.75, 3.05) is 58.8 Å². The zero-order chi connectivity index (χ0) is 22.1. The minimum absolute atomic E-state index is 0. The molecule has 1 N–H and O–H groups in total. The van der Waals surface area contributed by atoms with Crippen molar-refractivity contribution in [2.24, 2.45) is 4.99 Å². The Balaban J connectivity index is 0.00000363. The van der Waals surface area contributed by atoms with Crippen molar-refractivity contribution in [3.8, 4) is 5.75 Å². The highest BCUT2D eigenvalue weighted by Crippen LogP contribution is 2.16. The highest BCUT2D eigenvalue weighted by atomic mass is 127. The maximum atomic E-state index is 12.6. The van der Waals surface area contributed by atoms with Crippen molar-refractivity contribution in [1.82, 2.24) is 15.1 Å². The number of guanidine groups is 1. The lowest BCUT2D eigenvalue weighted by atomic mass is 10.2. The van der Waals surface area contributed by atoms with Crippen molar-refractivity contribution in [2.45, 2.75) is 13.0 Å². The van der Waals surface area contributed by atoms with E-state index in [0.29, 0.717) is 13.0 Å². The van der Waals surface area contributed by atoms with Gasteiger partial charge in [0, 0.05) is 65.5 Å². The fourth-order valence-corrected chi connectivity index (χ4v) is 3.76. The second-order valence-corrected chi connectivity index (χ2v) is 7.63. The van der Waals surface area contributed by atoms with Gasteiger partial charge >= 0.3 is 0 Å². The zero-order valence-corrected chi connectivity index (χ0v) is 21.5. The Labute approximate surface area is 208 Å². The quantitative estimate of drug-likeness (QED) is 0.326. The summed E-state index contributed by atoms with van der Waals surface area (Å²) in [5, 5.41) is 3.31. The van der Waals surface area contributed by atoms with Crippen LogP contribution < -0.4 is 15.0 Å². The van der Waals surface area contributed by atoms with E-state index in [-0.39, 0.29) is 29.9 Å². The van der Waals surface area contributed by atoms with E-state index in [1.54, 1.807) is 14.2 Å². The molecule has 1 fully saturated rings. The number of carbonyl (C=O) groups excluding carboxylic acids is 1. The van der Waals surface area contributed by atoms with E-state index < -0.39 is 0 Å². The number of anilines is 1. The second kappa shape index (κ2) is 13.1. The number of rotatable bonds is 7. The molecule has 1 aliphatic rings. The Hall–Kier alpha value is -2.49. The van der Waals surface area contributed by atoms with Gasteiger partial charge in [0.15, 0.2) is 5.96 Å². The highest BCUT2D eigenvalue weighted by molar-refractivity contribution is 14.0. The molecule has 0 radical (unpaired) electrons. The molecule has 7 nitrogen and oxygen atoms in total. The molecule has 0 unspecified atom stereocenters. The Morgan fingerprint density at radius 3 is 2.31 bits per heavy atom. The van der Waals surface area contributed by atoms with E-state index in [1.165, 1.54) is 11.3 Å². The van der Waals surface area contributed by atoms with Gasteiger partial charge in [-0.1, -0.05) is 30.3 Å². The molecule has 0 aromatic heterocycles. The molecule has 2 aromatic rings. The lowest BCUT2D eigenvalue weighted by molar-refractivity contribution is -0.131. The van der Waals surface area contributed by atoms with Crippen molar-refractivity contribution in [1.29, 1.82) is 0 Å². The standard InChI is InChI=1S/C24H33N5O2.HI/c1-25-24(27(2)19-20-9-11-22(31-3)12-10-20)26-14-13-23(30)29-17-15-28(16-18-29)21-7-5-4-6-8-21;/h4-12H,13-19H2,1-3H3,(H,25,26);1H. The molecule has 1 aliphatic heterocycles. The normalized spacial score (nSPS) is 13.9. The number of hydrogen-bond acceptors (Lipinski definition) is 4. The maximum Gasteiger partial charge on any atom is 0.224 e. The second-order valence-electron chi connectivity index (χ2n) is 7.63. The van der Waals surface area contributed by atoms with Crippen LogP contribution in [0.2, 0.25) is 0 Å². The lowest BCUT2D eigenvalue weighted by Crippen LogP contribution is -2.49. The van der Waals surface area contributed by atoms with Crippen molar-refractivity contribution in [3.63, 3.8) is 0 Å². The van der Waals surface area contributed by atoms with E-state index in [0.717, 1.165) is 44.4 Å². The zero-order valence-electron chi connectivity index (χ0n) is 19.2. The summed E-state index contributed by atoms with van der Waals surface area (Å²) in [7, 11) is 5.42. The first kappa shape index (κ1) is 25.8. The lowest BCUT2D eigenvalue weighted by Gasteiger charge is -2.36. The van der Waals surface area contributed by atoms with Gasteiger partial charge in [-0.15, -0.1) is 24.0 Å². The summed E-state index contributed by atoms with van der Waals surface area (Å²) >= 11 is 0. The van der Waals surface area contributed by atoms with E-state index in [4.69, 9.17) is 4.74 Å². The van der Waals surface area contributed by atoms with Gasteiger partial charge in [-0.25, -0.2) is 0 Å². The van der Waals surface area contributed by atoms with Crippen molar-refractivity contribution in [3.05, 3.63) is 60.2 Å². The van der Waals surface area contributed by atoms with Crippen LogP contribution in [-0.2, 0) is 11.3 Å². The molecule has 1 saturated heterocycles. The Bertz CT molecular complexity index is 852. The van der Waals surface area contributed by atoms with Crippen LogP contribution in [0.15, 0.2) is 59.6 Å². The van der Waals surface area contributed by atoms with Crippen LogP contribution in [-0.4, -0.2) is 75.6 Å². The fraction of sp³-hybridized carbons (Fsp3) is 0.417. The summed E-state index contributed by atoms with van der Waals surface area (Å²) in [5.74, 6) is 1.81. The van der Waals surface area contributed by atoms with E-state index in [1.807, 2.05) is 47.2 Å². The number of halogens is 1. The molecule has 0 bridgehead atoms. The van der Waals surface area contributed by atoms with Crippen LogP contribution >= 0.6 is 24.0 Å². The van der Waals surface area contributed by atoms with E-state index >= 15 is 0 Å². The van der Waals surface area contributed by atoms with Crippen LogP contribution in [0.1, 0.15) is 12.0 Å². The number of nitrogens with zero attached hydrogens (tertiary/aromatic N) is 4. The molecule has 1 amide bonds. The number of carbonyl (C=O) groups is 1. The average Bonchev–Trinajstić information content (AvgIpc) is 2.82. The molecule has 0 saturated carbocycles. The molecule has 32 heavy (non-hydrogen) atoms. The minimum Gasteiger partial charge on any atom is -0.497 e. The SMILES string of the molecule is CN=C(NCCC(=O)N1CCN(c2ccccc2)CC1)N(C)Cc1ccc(OC)cc1.I. The molecular weight excluding hydrogens is 517 g/mol. The number of methoxy groups -OCH3 is 1. The number of aliphatic imine (C=N–C) groups is 1. The molecule has 0 aliphatic carbocycles. The summed E-state index contributed by atoms with van der Waals surface area (Å²) in [4.78, 5) is 23.3. The van der Waals surface area contributed by atoms with E-state index in [9.17, 15) is 4.79 Å².